The summed E-state index contributed by atoms with van der Waals surface area (Å²) in [6.07, 6.45) is 4.29. The molecule has 4 heterocycles. The van der Waals surface area contributed by atoms with Gasteiger partial charge in [-0.2, -0.15) is 0 Å². The Bertz CT molecular complexity index is 791. The molecular formula is C23H34IN3O4. The predicted molar refractivity (Wildman–Crippen MR) is 130 cm³/mol. The van der Waals surface area contributed by atoms with Crippen molar-refractivity contribution in [1.29, 1.82) is 0 Å². The van der Waals surface area contributed by atoms with Gasteiger partial charge in [0.15, 0.2) is 17.5 Å². The van der Waals surface area contributed by atoms with E-state index in [-0.39, 0.29) is 29.4 Å². The number of nitrogens with zero attached hydrogens (tertiary/aromatic N) is 2. The SMILES string of the molecule is CCNC(=NCC1(c2ccc3c(c2)OCO3)CCOCC1)N1CCC2(CCOC2)C1.I. The van der Waals surface area contributed by atoms with Gasteiger partial charge in [-0.05, 0) is 50.3 Å². The highest BCUT2D eigenvalue weighted by Crippen LogP contribution is 2.42. The van der Waals surface area contributed by atoms with Crippen molar-refractivity contribution in [3.63, 3.8) is 0 Å². The quantitative estimate of drug-likeness (QED) is 0.358. The number of aliphatic imine (C=N–C) groups is 1. The number of nitrogens with one attached hydrogen (secondary N) is 1. The Hall–Kier alpha value is -1.26. The fraction of sp³-hybridized carbons (Fsp3) is 0.696. The Balaban J connectivity index is 0.00000231. The lowest BCUT2D eigenvalue weighted by atomic mass is 9.74. The van der Waals surface area contributed by atoms with Gasteiger partial charge in [-0.15, -0.1) is 24.0 Å². The van der Waals surface area contributed by atoms with Gasteiger partial charge in [-0.1, -0.05) is 6.07 Å². The number of rotatable bonds is 4. The third-order valence-electron chi connectivity index (χ3n) is 7.22. The minimum absolute atomic E-state index is 0. The molecule has 3 saturated heterocycles. The molecule has 3 fully saturated rings. The second-order valence-electron chi connectivity index (χ2n) is 9.11. The lowest BCUT2D eigenvalue weighted by Gasteiger charge is -2.37. The molecule has 0 aliphatic carbocycles. The molecular weight excluding hydrogens is 509 g/mol. The Labute approximate surface area is 201 Å². The average Bonchev–Trinajstić information content (AvgIpc) is 3.53. The number of halogens is 1. The van der Waals surface area contributed by atoms with E-state index >= 15 is 0 Å². The number of benzene rings is 1. The summed E-state index contributed by atoms with van der Waals surface area (Å²) in [5.74, 6) is 2.71. The Morgan fingerprint density at radius 2 is 1.87 bits per heavy atom. The highest BCUT2D eigenvalue weighted by molar-refractivity contribution is 14.0. The molecule has 172 valence electrons. The molecule has 7 nitrogen and oxygen atoms in total. The molecule has 5 rings (SSSR count). The zero-order valence-electron chi connectivity index (χ0n) is 18.4. The van der Waals surface area contributed by atoms with Gasteiger partial charge in [0, 0.05) is 50.3 Å². The van der Waals surface area contributed by atoms with Crippen molar-refractivity contribution in [2.24, 2.45) is 10.4 Å². The normalized spacial score (nSPS) is 26.9. The van der Waals surface area contributed by atoms with Crippen LogP contribution < -0.4 is 14.8 Å². The fourth-order valence-electron chi connectivity index (χ4n) is 5.27. The molecule has 0 aromatic heterocycles. The highest BCUT2D eigenvalue weighted by Gasteiger charge is 2.42. The van der Waals surface area contributed by atoms with Crippen LogP contribution in [0.2, 0.25) is 0 Å². The zero-order valence-corrected chi connectivity index (χ0v) is 20.7. The van der Waals surface area contributed by atoms with E-state index in [0.29, 0.717) is 12.2 Å². The monoisotopic (exact) mass is 543 g/mol. The largest absolute Gasteiger partial charge is 0.454 e. The summed E-state index contributed by atoms with van der Waals surface area (Å²) >= 11 is 0. The number of likely N-dealkylation sites (tertiary alicyclic amines) is 1. The Kier molecular flexibility index (Phi) is 7.17. The fourth-order valence-corrected chi connectivity index (χ4v) is 5.27. The van der Waals surface area contributed by atoms with Gasteiger partial charge >= 0.3 is 0 Å². The van der Waals surface area contributed by atoms with E-state index in [2.05, 4.69) is 29.3 Å². The minimum Gasteiger partial charge on any atom is -0.454 e. The van der Waals surface area contributed by atoms with Gasteiger partial charge in [0.25, 0.3) is 0 Å². The number of guanidine groups is 1. The van der Waals surface area contributed by atoms with Crippen LogP contribution in [0.25, 0.3) is 0 Å². The van der Waals surface area contributed by atoms with Gasteiger partial charge in [0.2, 0.25) is 6.79 Å². The molecule has 1 N–H and O–H groups in total. The summed E-state index contributed by atoms with van der Waals surface area (Å²) < 4.78 is 22.6. The lowest BCUT2D eigenvalue weighted by Crippen LogP contribution is -2.43. The van der Waals surface area contributed by atoms with Crippen molar-refractivity contribution in [1.82, 2.24) is 10.2 Å². The highest BCUT2D eigenvalue weighted by atomic mass is 127. The first kappa shape index (κ1) is 22.9. The van der Waals surface area contributed by atoms with E-state index in [9.17, 15) is 0 Å². The molecule has 31 heavy (non-hydrogen) atoms. The van der Waals surface area contributed by atoms with Crippen molar-refractivity contribution in [2.45, 2.75) is 38.0 Å². The summed E-state index contributed by atoms with van der Waals surface area (Å²) in [4.78, 5) is 7.61. The van der Waals surface area contributed by atoms with Gasteiger partial charge in [-0.3, -0.25) is 4.99 Å². The topological polar surface area (TPSA) is 64.6 Å². The number of hydrogen-bond acceptors (Lipinski definition) is 5. The number of hydrogen-bond donors (Lipinski definition) is 1. The van der Waals surface area contributed by atoms with Crippen molar-refractivity contribution in [3.05, 3.63) is 23.8 Å². The van der Waals surface area contributed by atoms with Crippen LogP contribution in [-0.4, -0.2) is 70.3 Å². The molecule has 0 radical (unpaired) electrons. The maximum atomic E-state index is 5.71. The number of ether oxygens (including phenoxy) is 4. The van der Waals surface area contributed by atoms with Crippen molar-refractivity contribution >= 4 is 29.9 Å². The van der Waals surface area contributed by atoms with E-state index in [1.54, 1.807) is 0 Å². The van der Waals surface area contributed by atoms with E-state index in [1.165, 1.54) is 18.4 Å². The molecule has 1 atom stereocenters. The van der Waals surface area contributed by atoms with Gasteiger partial charge in [0.05, 0.1) is 13.2 Å². The molecule has 1 aromatic rings. The minimum atomic E-state index is -0.0339. The van der Waals surface area contributed by atoms with Crippen molar-refractivity contribution < 1.29 is 18.9 Å². The molecule has 0 saturated carbocycles. The van der Waals surface area contributed by atoms with Crippen molar-refractivity contribution in [3.8, 4) is 11.5 Å². The van der Waals surface area contributed by atoms with Crippen LogP contribution in [0.3, 0.4) is 0 Å². The third kappa shape index (κ3) is 4.61. The summed E-state index contributed by atoms with van der Waals surface area (Å²) in [7, 11) is 0. The first-order chi connectivity index (χ1) is 14.7. The maximum absolute atomic E-state index is 5.71. The average molecular weight is 543 g/mol. The summed E-state index contributed by atoms with van der Waals surface area (Å²) in [6, 6.07) is 6.37. The molecule has 0 amide bonds. The molecule has 1 unspecified atom stereocenters. The first-order valence-electron chi connectivity index (χ1n) is 11.3. The molecule has 4 aliphatic heterocycles. The zero-order chi connectivity index (χ0) is 20.4. The molecule has 8 heteroatoms. The summed E-state index contributed by atoms with van der Waals surface area (Å²) in [5, 5.41) is 3.54. The molecule has 1 aromatic carbocycles. The molecule has 1 spiro atoms. The van der Waals surface area contributed by atoms with Gasteiger partial charge in [0.1, 0.15) is 0 Å². The standard InChI is InChI=1S/C23H33N3O4.HI/c1-2-24-21(26-9-5-22(15-26)6-10-28-16-22)25-14-23(7-11-27-12-8-23)18-3-4-19-20(13-18)30-17-29-19;/h3-4,13H,2,5-12,14-17H2,1H3,(H,24,25);1H. The lowest BCUT2D eigenvalue weighted by molar-refractivity contribution is 0.0529. The molecule has 0 bridgehead atoms. The van der Waals surface area contributed by atoms with Crippen LogP contribution >= 0.6 is 24.0 Å². The van der Waals surface area contributed by atoms with Crippen LogP contribution in [0.1, 0.15) is 38.2 Å². The Morgan fingerprint density at radius 3 is 2.65 bits per heavy atom. The first-order valence-corrected chi connectivity index (χ1v) is 11.3. The van der Waals surface area contributed by atoms with E-state index in [4.69, 9.17) is 23.9 Å². The second-order valence-corrected chi connectivity index (χ2v) is 9.11. The van der Waals surface area contributed by atoms with Crippen LogP contribution in [0.15, 0.2) is 23.2 Å². The van der Waals surface area contributed by atoms with Gasteiger partial charge in [-0.25, -0.2) is 0 Å². The van der Waals surface area contributed by atoms with Crippen molar-refractivity contribution in [2.75, 3.05) is 59.4 Å². The van der Waals surface area contributed by atoms with Crippen LogP contribution in [0.5, 0.6) is 11.5 Å². The predicted octanol–water partition coefficient (Wildman–Crippen LogP) is 3.16. The van der Waals surface area contributed by atoms with Crippen LogP contribution in [0, 0.1) is 5.41 Å². The van der Waals surface area contributed by atoms with E-state index < -0.39 is 0 Å². The Morgan fingerprint density at radius 1 is 1.06 bits per heavy atom. The summed E-state index contributed by atoms with van der Waals surface area (Å²) in [5.41, 5.74) is 1.56. The van der Waals surface area contributed by atoms with Crippen LogP contribution in [-0.2, 0) is 14.9 Å². The van der Waals surface area contributed by atoms with E-state index in [0.717, 1.165) is 82.9 Å². The van der Waals surface area contributed by atoms with E-state index in [1.807, 2.05) is 6.07 Å². The third-order valence-corrected chi connectivity index (χ3v) is 7.22. The summed E-state index contributed by atoms with van der Waals surface area (Å²) in [6.45, 7) is 9.48. The molecule has 4 aliphatic rings. The van der Waals surface area contributed by atoms with Gasteiger partial charge < -0.3 is 29.2 Å². The maximum Gasteiger partial charge on any atom is 0.231 e. The second kappa shape index (κ2) is 9.70. The number of fused-ring (bicyclic) bond motifs is 1. The van der Waals surface area contributed by atoms with Crippen LogP contribution in [0.4, 0.5) is 0 Å². The smallest absolute Gasteiger partial charge is 0.231 e.